The molecule has 0 fully saturated rings. The van der Waals surface area contributed by atoms with Crippen LogP contribution in [-0.4, -0.2) is 16.0 Å². The van der Waals surface area contributed by atoms with Gasteiger partial charge in [0, 0.05) is 4.47 Å². The lowest BCUT2D eigenvalue weighted by Gasteiger charge is -2.18. The molecule has 0 unspecified atom stereocenters. The lowest BCUT2D eigenvalue weighted by atomic mass is 9.98. The van der Waals surface area contributed by atoms with Gasteiger partial charge >= 0.3 is 11.8 Å². The Morgan fingerprint density at radius 2 is 2.12 bits per heavy atom. The number of fused-ring (bicyclic) bond motifs is 1. The highest BCUT2D eigenvalue weighted by molar-refractivity contribution is 9.10. The van der Waals surface area contributed by atoms with Crippen LogP contribution in [0.5, 0.6) is 0 Å². The summed E-state index contributed by atoms with van der Waals surface area (Å²) in [4.78, 5) is 17.0. The Labute approximate surface area is 144 Å². The Balaban J connectivity index is 2.09. The summed E-state index contributed by atoms with van der Waals surface area (Å²) in [6.07, 6.45) is -0.194. The van der Waals surface area contributed by atoms with E-state index in [1.807, 2.05) is 0 Å². The number of nitrogens with zero attached hydrogens (tertiary/aromatic N) is 2. The molecular formula is C16H12BrF3N2O2. The van der Waals surface area contributed by atoms with Crippen molar-refractivity contribution in [3.05, 3.63) is 57.6 Å². The molecule has 1 amide bonds. The van der Waals surface area contributed by atoms with E-state index >= 15 is 0 Å². The SMILES string of the molecule is C[C@H](O)c1cccc2c1C(F)(F)C(=O)N2Cc1ncc(F)cc1Br. The minimum Gasteiger partial charge on any atom is -0.389 e. The van der Waals surface area contributed by atoms with Crippen LogP contribution in [0, 0.1) is 5.82 Å². The Bertz CT molecular complexity index is 827. The summed E-state index contributed by atoms with van der Waals surface area (Å²) in [6, 6.07) is 5.39. The maximum absolute atomic E-state index is 14.5. The molecule has 24 heavy (non-hydrogen) atoms. The summed E-state index contributed by atoms with van der Waals surface area (Å²) < 4.78 is 42.3. The van der Waals surface area contributed by atoms with Crippen LogP contribution in [0.15, 0.2) is 34.9 Å². The van der Waals surface area contributed by atoms with Crippen molar-refractivity contribution in [2.75, 3.05) is 4.90 Å². The molecule has 1 aromatic carbocycles. The fourth-order valence-corrected chi connectivity index (χ4v) is 3.17. The number of aliphatic hydroxyl groups excluding tert-OH is 1. The van der Waals surface area contributed by atoms with Crippen LogP contribution in [0.1, 0.15) is 29.8 Å². The van der Waals surface area contributed by atoms with Crippen LogP contribution < -0.4 is 4.90 Å². The van der Waals surface area contributed by atoms with Crippen LogP contribution in [0.25, 0.3) is 0 Å². The van der Waals surface area contributed by atoms with E-state index in [0.717, 1.165) is 17.2 Å². The smallest absolute Gasteiger partial charge is 0.352 e. The summed E-state index contributed by atoms with van der Waals surface area (Å²) in [6.45, 7) is 1.11. The van der Waals surface area contributed by atoms with Crippen molar-refractivity contribution in [2.45, 2.75) is 25.5 Å². The Morgan fingerprint density at radius 3 is 2.75 bits per heavy atom. The molecule has 3 rings (SSSR count). The molecule has 1 aliphatic heterocycles. The van der Waals surface area contributed by atoms with Crippen LogP contribution >= 0.6 is 15.9 Å². The second-order valence-electron chi connectivity index (χ2n) is 5.47. The van der Waals surface area contributed by atoms with E-state index in [0.29, 0.717) is 0 Å². The first-order valence-corrected chi connectivity index (χ1v) is 7.84. The van der Waals surface area contributed by atoms with Crippen LogP contribution in [-0.2, 0) is 17.3 Å². The molecular weight excluding hydrogens is 389 g/mol. The van der Waals surface area contributed by atoms with Gasteiger partial charge in [-0.3, -0.25) is 9.78 Å². The monoisotopic (exact) mass is 400 g/mol. The average molecular weight is 401 g/mol. The predicted molar refractivity (Wildman–Crippen MR) is 84.1 cm³/mol. The third-order valence-electron chi connectivity index (χ3n) is 3.84. The summed E-state index contributed by atoms with van der Waals surface area (Å²) in [5.41, 5.74) is -0.236. The van der Waals surface area contributed by atoms with Crippen molar-refractivity contribution in [1.82, 2.24) is 4.98 Å². The van der Waals surface area contributed by atoms with Gasteiger partial charge in [-0.25, -0.2) is 4.39 Å². The highest BCUT2D eigenvalue weighted by Crippen LogP contribution is 2.48. The molecule has 0 aliphatic carbocycles. The zero-order chi connectivity index (χ0) is 17.6. The normalized spacial score (nSPS) is 17.1. The van der Waals surface area contributed by atoms with E-state index in [-0.39, 0.29) is 28.0 Å². The van der Waals surface area contributed by atoms with E-state index in [1.165, 1.54) is 25.1 Å². The second-order valence-corrected chi connectivity index (χ2v) is 6.32. The number of pyridine rings is 1. The van der Waals surface area contributed by atoms with Gasteiger partial charge in [0.15, 0.2) is 0 Å². The summed E-state index contributed by atoms with van der Waals surface area (Å²) in [7, 11) is 0. The molecule has 126 valence electrons. The number of carbonyl (C=O) groups excluding carboxylic acids is 1. The number of halogens is 4. The zero-order valence-electron chi connectivity index (χ0n) is 12.4. The largest absolute Gasteiger partial charge is 0.389 e. The second kappa shape index (κ2) is 5.86. The topological polar surface area (TPSA) is 53.4 Å². The van der Waals surface area contributed by atoms with E-state index in [4.69, 9.17) is 0 Å². The van der Waals surface area contributed by atoms with Crippen molar-refractivity contribution in [1.29, 1.82) is 0 Å². The van der Waals surface area contributed by atoms with Gasteiger partial charge in [0.1, 0.15) is 5.82 Å². The van der Waals surface area contributed by atoms with Crippen molar-refractivity contribution in [3.63, 3.8) is 0 Å². The van der Waals surface area contributed by atoms with E-state index in [1.54, 1.807) is 0 Å². The molecule has 0 bridgehead atoms. The molecule has 1 atom stereocenters. The van der Waals surface area contributed by atoms with Gasteiger partial charge in [0.2, 0.25) is 0 Å². The number of carbonyl (C=O) groups is 1. The lowest BCUT2D eigenvalue weighted by molar-refractivity contribution is -0.141. The van der Waals surface area contributed by atoms with Gasteiger partial charge in [-0.05, 0) is 40.5 Å². The average Bonchev–Trinajstić information content (AvgIpc) is 2.70. The first kappa shape index (κ1) is 16.9. The third kappa shape index (κ3) is 2.59. The van der Waals surface area contributed by atoms with Gasteiger partial charge in [0.25, 0.3) is 0 Å². The molecule has 8 heteroatoms. The first-order valence-electron chi connectivity index (χ1n) is 7.04. The van der Waals surface area contributed by atoms with Crippen molar-refractivity contribution < 1.29 is 23.1 Å². The summed E-state index contributed by atoms with van der Waals surface area (Å²) in [5, 5.41) is 9.73. The number of amides is 1. The molecule has 0 saturated heterocycles. The Morgan fingerprint density at radius 1 is 1.42 bits per heavy atom. The molecule has 1 aromatic heterocycles. The fraction of sp³-hybridized carbons (Fsp3) is 0.250. The number of anilines is 1. The number of aliphatic hydroxyl groups is 1. The highest BCUT2D eigenvalue weighted by atomic mass is 79.9. The lowest BCUT2D eigenvalue weighted by Crippen LogP contribution is -2.34. The van der Waals surface area contributed by atoms with Crippen molar-refractivity contribution >= 4 is 27.5 Å². The zero-order valence-corrected chi connectivity index (χ0v) is 14.0. The van der Waals surface area contributed by atoms with Gasteiger partial charge in [0.05, 0.1) is 35.8 Å². The highest BCUT2D eigenvalue weighted by Gasteiger charge is 2.54. The molecule has 0 radical (unpaired) electrons. The minimum absolute atomic E-state index is 0.000481. The van der Waals surface area contributed by atoms with Crippen molar-refractivity contribution in [3.8, 4) is 0 Å². The number of benzene rings is 1. The predicted octanol–water partition coefficient (Wildman–Crippen LogP) is 3.68. The quantitative estimate of drug-likeness (QED) is 0.854. The number of hydrogen-bond acceptors (Lipinski definition) is 3. The molecule has 0 spiro atoms. The minimum atomic E-state index is -3.74. The fourth-order valence-electron chi connectivity index (χ4n) is 2.72. The first-order chi connectivity index (χ1) is 11.2. The van der Waals surface area contributed by atoms with E-state index in [2.05, 4.69) is 20.9 Å². The van der Waals surface area contributed by atoms with Crippen LogP contribution in [0.4, 0.5) is 18.9 Å². The van der Waals surface area contributed by atoms with Crippen molar-refractivity contribution in [2.24, 2.45) is 0 Å². The molecule has 1 aliphatic rings. The molecule has 4 nitrogen and oxygen atoms in total. The maximum atomic E-state index is 14.5. The molecule has 2 heterocycles. The number of hydrogen-bond donors (Lipinski definition) is 1. The number of rotatable bonds is 3. The third-order valence-corrected chi connectivity index (χ3v) is 4.52. The van der Waals surface area contributed by atoms with E-state index in [9.17, 15) is 23.1 Å². The van der Waals surface area contributed by atoms with Gasteiger partial charge < -0.3 is 10.0 Å². The summed E-state index contributed by atoms with van der Waals surface area (Å²) >= 11 is 3.11. The molecule has 1 N–H and O–H groups in total. The van der Waals surface area contributed by atoms with Crippen LogP contribution in [0.3, 0.4) is 0 Å². The number of alkyl halides is 2. The summed E-state index contributed by atoms with van der Waals surface area (Å²) in [5.74, 6) is -5.72. The van der Waals surface area contributed by atoms with Gasteiger partial charge in [-0.2, -0.15) is 8.78 Å². The Kier molecular flexibility index (Phi) is 4.13. The maximum Gasteiger partial charge on any atom is 0.352 e. The van der Waals surface area contributed by atoms with Crippen LogP contribution in [0.2, 0.25) is 0 Å². The number of aromatic nitrogens is 1. The van der Waals surface area contributed by atoms with E-state index < -0.39 is 29.3 Å². The van der Waals surface area contributed by atoms with Gasteiger partial charge in [-0.1, -0.05) is 12.1 Å². The Hall–Kier alpha value is -1.93. The molecule has 0 saturated carbocycles. The molecule has 2 aromatic rings. The standard InChI is InChI=1S/C16H12BrF3N2O2/c1-8(23)10-3-2-4-13-14(10)16(19,20)15(24)22(13)7-12-11(17)5-9(18)6-21-12/h2-6,8,23H,7H2,1H3/t8-/m0/s1. The van der Waals surface area contributed by atoms with Gasteiger partial charge in [-0.15, -0.1) is 0 Å².